The van der Waals surface area contributed by atoms with Crippen molar-refractivity contribution in [2.45, 2.75) is 25.9 Å². The van der Waals surface area contributed by atoms with E-state index in [4.69, 9.17) is 4.74 Å². The Hall–Kier alpha value is -0.120. The number of rotatable bonds is 5. The standard InChI is InChI=1S/C10H22N2O/c1-3-13-10-5-4-7-12(9-10)8-6-11-2/h10-11H,3-9H2,1-2H3. The molecule has 0 amide bonds. The van der Waals surface area contributed by atoms with Gasteiger partial charge in [0, 0.05) is 26.2 Å². The molecular formula is C10H22N2O. The van der Waals surface area contributed by atoms with E-state index in [1.165, 1.54) is 19.4 Å². The minimum Gasteiger partial charge on any atom is -0.377 e. The van der Waals surface area contributed by atoms with Crippen molar-refractivity contribution < 1.29 is 4.74 Å². The van der Waals surface area contributed by atoms with E-state index in [0.29, 0.717) is 6.10 Å². The molecule has 1 heterocycles. The number of nitrogens with one attached hydrogen (secondary N) is 1. The molecular weight excluding hydrogens is 164 g/mol. The van der Waals surface area contributed by atoms with Gasteiger partial charge in [-0.05, 0) is 33.4 Å². The molecule has 0 bridgehead atoms. The molecule has 1 unspecified atom stereocenters. The van der Waals surface area contributed by atoms with Gasteiger partial charge in [-0.15, -0.1) is 0 Å². The first-order valence-electron chi connectivity index (χ1n) is 5.35. The molecule has 3 heteroatoms. The summed E-state index contributed by atoms with van der Waals surface area (Å²) in [7, 11) is 2.00. The zero-order valence-corrected chi connectivity index (χ0v) is 8.88. The molecule has 13 heavy (non-hydrogen) atoms. The molecule has 1 atom stereocenters. The average Bonchev–Trinajstić information content (AvgIpc) is 2.16. The van der Waals surface area contributed by atoms with Crippen molar-refractivity contribution in [1.29, 1.82) is 0 Å². The number of likely N-dealkylation sites (N-methyl/N-ethyl adjacent to an activating group) is 1. The highest BCUT2D eigenvalue weighted by molar-refractivity contribution is 4.73. The largest absolute Gasteiger partial charge is 0.377 e. The molecule has 1 aliphatic rings. The van der Waals surface area contributed by atoms with Crippen molar-refractivity contribution in [2.24, 2.45) is 0 Å². The second-order valence-corrected chi connectivity index (χ2v) is 3.62. The number of ether oxygens (including phenoxy) is 1. The molecule has 1 rings (SSSR count). The highest BCUT2D eigenvalue weighted by atomic mass is 16.5. The summed E-state index contributed by atoms with van der Waals surface area (Å²) < 4.78 is 5.63. The second kappa shape index (κ2) is 6.35. The molecule has 1 saturated heterocycles. The van der Waals surface area contributed by atoms with E-state index in [9.17, 15) is 0 Å². The van der Waals surface area contributed by atoms with E-state index in [1.54, 1.807) is 0 Å². The fourth-order valence-electron chi connectivity index (χ4n) is 1.86. The highest BCUT2D eigenvalue weighted by Crippen LogP contribution is 2.12. The molecule has 0 aromatic heterocycles. The molecule has 1 aliphatic heterocycles. The van der Waals surface area contributed by atoms with E-state index in [1.807, 2.05) is 7.05 Å². The Bertz CT molecular complexity index is 128. The van der Waals surface area contributed by atoms with Crippen LogP contribution in [0.5, 0.6) is 0 Å². The topological polar surface area (TPSA) is 24.5 Å². The molecule has 3 nitrogen and oxygen atoms in total. The lowest BCUT2D eigenvalue weighted by Gasteiger charge is -2.32. The number of piperidine rings is 1. The summed E-state index contributed by atoms with van der Waals surface area (Å²) in [5, 5.41) is 3.18. The van der Waals surface area contributed by atoms with Crippen LogP contribution in [0.25, 0.3) is 0 Å². The first-order chi connectivity index (χ1) is 6.36. The molecule has 0 radical (unpaired) electrons. The van der Waals surface area contributed by atoms with Gasteiger partial charge in [0.15, 0.2) is 0 Å². The highest BCUT2D eigenvalue weighted by Gasteiger charge is 2.18. The van der Waals surface area contributed by atoms with Crippen LogP contribution in [0.3, 0.4) is 0 Å². The van der Waals surface area contributed by atoms with Crippen molar-refractivity contribution in [1.82, 2.24) is 10.2 Å². The van der Waals surface area contributed by atoms with Gasteiger partial charge in [-0.1, -0.05) is 0 Å². The van der Waals surface area contributed by atoms with Gasteiger partial charge in [-0.2, -0.15) is 0 Å². The Kier molecular flexibility index (Phi) is 5.35. The van der Waals surface area contributed by atoms with Crippen molar-refractivity contribution in [3.05, 3.63) is 0 Å². The van der Waals surface area contributed by atoms with Gasteiger partial charge >= 0.3 is 0 Å². The predicted octanol–water partition coefficient (Wildman–Crippen LogP) is 0.707. The van der Waals surface area contributed by atoms with Gasteiger partial charge < -0.3 is 10.1 Å². The fourth-order valence-corrected chi connectivity index (χ4v) is 1.86. The van der Waals surface area contributed by atoms with E-state index in [0.717, 1.165) is 26.2 Å². The molecule has 1 fully saturated rings. The Morgan fingerprint density at radius 2 is 2.38 bits per heavy atom. The van der Waals surface area contributed by atoms with Gasteiger partial charge in [0.2, 0.25) is 0 Å². The third-order valence-electron chi connectivity index (χ3n) is 2.54. The van der Waals surface area contributed by atoms with Crippen molar-refractivity contribution in [2.75, 3.05) is 39.8 Å². The first kappa shape index (κ1) is 11.0. The minimum absolute atomic E-state index is 0.482. The van der Waals surface area contributed by atoms with Crippen LogP contribution in [0.15, 0.2) is 0 Å². The van der Waals surface area contributed by atoms with E-state index < -0.39 is 0 Å². The molecule has 0 aromatic carbocycles. The molecule has 0 aromatic rings. The van der Waals surface area contributed by atoms with Crippen LogP contribution in [0, 0.1) is 0 Å². The lowest BCUT2D eigenvalue weighted by atomic mass is 10.1. The van der Waals surface area contributed by atoms with Crippen LogP contribution in [-0.4, -0.2) is 50.8 Å². The molecule has 0 saturated carbocycles. The quantitative estimate of drug-likeness (QED) is 0.684. The molecule has 0 spiro atoms. The zero-order chi connectivity index (χ0) is 9.52. The van der Waals surface area contributed by atoms with Crippen molar-refractivity contribution in [3.8, 4) is 0 Å². The monoisotopic (exact) mass is 186 g/mol. The predicted molar refractivity (Wildman–Crippen MR) is 55.0 cm³/mol. The molecule has 78 valence electrons. The summed E-state index contributed by atoms with van der Waals surface area (Å²) in [6.07, 6.45) is 3.01. The van der Waals surface area contributed by atoms with Crippen LogP contribution in [0.2, 0.25) is 0 Å². The summed E-state index contributed by atoms with van der Waals surface area (Å²) in [6, 6.07) is 0. The van der Waals surface area contributed by atoms with Crippen LogP contribution in [0.1, 0.15) is 19.8 Å². The van der Waals surface area contributed by atoms with E-state index in [-0.39, 0.29) is 0 Å². The second-order valence-electron chi connectivity index (χ2n) is 3.62. The number of hydrogen-bond acceptors (Lipinski definition) is 3. The van der Waals surface area contributed by atoms with Crippen molar-refractivity contribution in [3.63, 3.8) is 0 Å². The Morgan fingerprint density at radius 1 is 1.54 bits per heavy atom. The van der Waals surface area contributed by atoms with Gasteiger partial charge in [0.05, 0.1) is 6.10 Å². The Labute approximate surface area is 81.4 Å². The summed E-state index contributed by atoms with van der Waals surface area (Å²) in [5.41, 5.74) is 0. The van der Waals surface area contributed by atoms with Crippen LogP contribution in [-0.2, 0) is 4.74 Å². The lowest BCUT2D eigenvalue weighted by Crippen LogP contribution is -2.42. The van der Waals surface area contributed by atoms with Gasteiger partial charge in [0.25, 0.3) is 0 Å². The maximum atomic E-state index is 5.63. The molecule has 1 N–H and O–H groups in total. The van der Waals surface area contributed by atoms with Crippen molar-refractivity contribution >= 4 is 0 Å². The molecule has 0 aliphatic carbocycles. The minimum atomic E-state index is 0.482. The van der Waals surface area contributed by atoms with Gasteiger partial charge in [-0.3, -0.25) is 4.90 Å². The SMILES string of the molecule is CCOC1CCCN(CCNC)C1. The average molecular weight is 186 g/mol. The number of nitrogens with zero attached hydrogens (tertiary/aromatic N) is 1. The number of hydrogen-bond donors (Lipinski definition) is 1. The first-order valence-corrected chi connectivity index (χ1v) is 5.35. The smallest absolute Gasteiger partial charge is 0.0702 e. The Morgan fingerprint density at radius 3 is 3.08 bits per heavy atom. The maximum absolute atomic E-state index is 5.63. The summed E-state index contributed by atoms with van der Waals surface area (Å²) in [6.45, 7) is 7.52. The summed E-state index contributed by atoms with van der Waals surface area (Å²) >= 11 is 0. The fraction of sp³-hybridized carbons (Fsp3) is 1.00. The maximum Gasteiger partial charge on any atom is 0.0702 e. The number of likely N-dealkylation sites (tertiary alicyclic amines) is 1. The van der Waals surface area contributed by atoms with Crippen LogP contribution in [0.4, 0.5) is 0 Å². The lowest BCUT2D eigenvalue weighted by molar-refractivity contribution is 0.00648. The zero-order valence-electron chi connectivity index (χ0n) is 8.88. The van der Waals surface area contributed by atoms with Gasteiger partial charge in [-0.25, -0.2) is 0 Å². The summed E-state index contributed by atoms with van der Waals surface area (Å²) in [5.74, 6) is 0. The van der Waals surface area contributed by atoms with Crippen LogP contribution < -0.4 is 5.32 Å². The van der Waals surface area contributed by atoms with E-state index in [2.05, 4.69) is 17.1 Å². The third-order valence-corrected chi connectivity index (χ3v) is 2.54. The van der Waals surface area contributed by atoms with Crippen LogP contribution >= 0.6 is 0 Å². The third kappa shape index (κ3) is 4.07. The normalized spacial score (nSPS) is 24.9. The Balaban J connectivity index is 2.16. The summed E-state index contributed by atoms with van der Waals surface area (Å²) in [4.78, 5) is 2.49. The van der Waals surface area contributed by atoms with E-state index >= 15 is 0 Å². The van der Waals surface area contributed by atoms with Gasteiger partial charge in [0.1, 0.15) is 0 Å².